The van der Waals surface area contributed by atoms with Gasteiger partial charge in [0.2, 0.25) is 11.8 Å². The van der Waals surface area contributed by atoms with Gasteiger partial charge in [-0.15, -0.1) is 0 Å². The summed E-state index contributed by atoms with van der Waals surface area (Å²) >= 11 is 0. The van der Waals surface area contributed by atoms with Gasteiger partial charge in [0, 0.05) is 20.1 Å². The Balaban J connectivity index is 1.89. The molecule has 2 amide bonds. The number of carbonyl (C=O) groups is 2. The Morgan fingerprint density at radius 1 is 1.29 bits per heavy atom. The van der Waals surface area contributed by atoms with Gasteiger partial charge < -0.3 is 15.4 Å². The molecular formula is C12H22N2O3. The maximum Gasteiger partial charge on any atom is 0.239 e. The largest absolute Gasteiger partial charge is 0.378 e. The van der Waals surface area contributed by atoms with Crippen molar-refractivity contribution in [3.8, 4) is 0 Å². The summed E-state index contributed by atoms with van der Waals surface area (Å²) < 4.78 is 5.51. The number of rotatable bonds is 7. The lowest BCUT2D eigenvalue weighted by Gasteiger charge is -2.09. The molecular weight excluding hydrogens is 220 g/mol. The summed E-state index contributed by atoms with van der Waals surface area (Å²) in [7, 11) is 0. The minimum atomic E-state index is -0.182. The highest BCUT2D eigenvalue weighted by Gasteiger charge is 2.14. The summed E-state index contributed by atoms with van der Waals surface area (Å²) in [4.78, 5) is 21.8. The average molecular weight is 242 g/mol. The fourth-order valence-electron chi connectivity index (χ4n) is 1.86. The molecule has 1 aliphatic rings. The van der Waals surface area contributed by atoms with Crippen molar-refractivity contribution < 1.29 is 14.3 Å². The average Bonchev–Trinajstić information content (AvgIpc) is 2.79. The van der Waals surface area contributed by atoms with Crippen LogP contribution in [0.15, 0.2) is 0 Å². The fraction of sp³-hybridized carbons (Fsp3) is 0.833. The minimum absolute atomic E-state index is 0.0705. The van der Waals surface area contributed by atoms with E-state index in [0.29, 0.717) is 12.6 Å². The minimum Gasteiger partial charge on any atom is -0.378 e. The van der Waals surface area contributed by atoms with Crippen LogP contribution >= 0.6 is 0 Å². The Kier molecular flexibility index (Phi) is 6.62. The number of unbranched alkanes of at least 4 members (excludes halogenated alkanes) is 1. The highest BCUT2D eigenvalue weighted by molar-refractivity contribution is 5.83. The molecule has 0 bridgehead atoms. The highest BCUT2D eigenvalue weighted by Crippen LogP contribution is 2.17. The van der Waals surface area contributed by atoms with Crippen molar-refractivity contribution >= 4 is 11.8 Å². The van der Waals surface area contributed by atoms with Crippen molar-refractivity contribution in [2.24, 2.45) is 0 Å². The van der Waals surface area contributed by atoms with Gasteiger partial charge in [-0.25, -0.2) is 0 Å². The van der Waals surface area contributed by atoms with Crippen LogP contribution < -0.4 is 10.6 Å². The molecule has 0 aromatic carbocycles. The summed E-state index contributed by atoms with van der Waals surface area (Å²) in [5.74, 6) is -0.309. The Morgan fingerprint density at radius 3 is 2.76 bits per heavy atom. The van der Waals surface area contributed by atoms with Crippen LogP contribution in [0.3, 0.4) is 0 Å². The Morgan fingerprint density at radius 2 is 2.12 bits per heavy atom. The molecule has 0 aromatic heterocycles. The topological polar surface area (TPSA) is 67.4 Å². The number of amides is 2. The maximum absolute atomic E-state index is 11.2. The Labute approximate surface area is 102 Å². The third kappa shape index (κ3) is 6.94. The molecule has 98 valence electrons. The first-order valence-corrected chi connectivity index (χ1v) is 6.31. The van der Waals surface area contributed by atoms with Crippen LogP contribution in [0.4, 0.5) is 0 Å². The number of ether oxygens (including phenoxy) is 1. The molecule has 0 aromatic rings. The second-order valence-corrected chi connectivity index (χ2v) is 4.39. The lowest BCUT2D eigenvalue weighted by atomic mass is 10.1. The first-order valence-electron chi connectivity index (χ1n) is 6.31. The van der Waals surface area contributed by atoms with Crippen molar-refractivity contribution in [1.82, 2.24) is 10.6 Å². The summed E-state index contributed by atoms with van der Waals surface area (Å²) in [5, 5.41) is 5.23. The van der Waals surface area contributed by atoms with E-state index in [1.165, 1.54) is 19.8 Å². The van der Waals surface area contributed by atoms with Gasteiger partial charge in [-0.1, -0.05) is 0 Å². The monoisotopic (exact) mass is 242 g/mol. The van der Waals surface area contributed by atoms with E-state index in [2.05, 4.69) is 10.6 Å². The Bertz CT molecular complexity index is 250. The van der Waals surface area contributed by atoms with Gasteiger partial charge >= 0.3 is 0 Å². The fourth-order valence-corrected chi connectivity index (χ4v) is 1.86. The molecule has 1 aliphatic heterocycles. The Hall–Kier alpha value is -1.10. The third-order valence-electron chi connectivity index (χ3n) is 2.80. The predicted molar refractivity (Wildman–Crippen MR) is 64.5 cm³/mol. The second kappa shape index (κ2) is 8.06. The predicted octanol–water partition coefficient (Wildman–Crippen LogP) is 0.588. The molecule has 17 heavy (non-hydrogen) atoms. The van der Waals surface area contributed by atoms with Gasteiger partial charge in [0.25, 0.3) is 0 Å². The van der Waals surface area contributed by atoms with Gasteiger partial charge in [-0.2, -0.15) is 0 Å². The van der Waals surface area contributed by atoms with Crippen molar-refractivity contribution in [2.75, 3.05) is 19.7 Å². The molecule has 1 heterocycles. The van der Waals surface area contributed by atoms with Crippen LogP contribution in [-0.2, 0) is 14.3 Å². The van der Waals surface area contributed by atoms with E-state index in [4.69, 9.17) is 4.74 Å². The van der Waals surface area contributed by atoms with E-state index < -0.39 is 0 Å². The molecule has 1 atom stereocenters. The van der Waals surface area contributed by atoms with Crippen molar-refractivity contribution in [2.45, 2.75) is 45.1 Å². The summed E-state index contributed by atoms with van der Waals surface area (Å²) in [6.45, 7) is 3.04. The van der Waals surface area contributed by atoms with Crippen LogP contribution in [0.5, 0.6) is 0 Å². The molecule has 1 fully saturated rings. The molecule has 1 unspecified atom stereocenters. The third-order valence-corrected chi connectivity index (χ3v) is 2.80. The zero-order chi connectivity index (χ0) is 12.5. The molecule has 5 heteroatoms. The van der Waals surface area contributed by atoms with Crippen LogP contribution in [-0.4, -0.2) is 37.6 Å². The molecule has 5 nitrogen and oxygen atoms in total. The standard InChI is InChI=1S/C12H22N2O3/c1-10(15)14-9-12(16)13-7-3-2-5-11-6-4-8-17-11/h11H,2-9H2,1H3,(H,13,16)(H,14,15). The van der Waals surface area contributed by atoms with Gasteiger partial charge in [-0.3, -0.25) is 9.59 Å². The smallest absolute Gasteiger partial charge is 0.239 e. The van der Waals surface area contributed by atoms with Gasteiger partial charge in [0.05, 0.1) is 12.6 Å². The molecule has 0 saturated carbocycles. The SMILES string of the molecule is CC(=O)NCC(=O)NCCCCC1CCCO1. The van der Waals surface area contributed by atoms with Crippen molar-refractivity contribution in [3.05, 3.63) is 0 Å². The number of hydrogen-bond acceptors (Lipinski definition) is 3. The molecule has 2 N–H and O–H groups in total. The molecule has 1 rings (SSSR count). The van der Waals surface area contributed by atoms with Crippen molar-refractivity contribution in [3.63, 3.8) is 0 Å². The van der Waals surface area contributed by atoms with E-state index >= 15 is 0 Å². The van der Waals surface area contributed by atoms with E-state index in [9.17, 15) is 9.59 Å². The molecule has 0 radical (unpaired) electrons. The van der Waals surface area contributed by atoms with Gasteiger partial charge in [0.1, 0.15) is 0 Å². The maximum atomic E-state index is 11.2. The quantitative estimate of drug-likeness (QED) is 0.642. The molecule has 0 aliphatic carbocycles. The van der Waals surface area contributed by atoms with E-state index in [1.807, 2.05) is 0 Å². The van der Waals surface area contributed by atoms with Gasteiger partial charge in [0.15, 0.2) is 0 Å². The number of carbonyl (C=O) groups excluding carboxylic acids is 2. The van der Waals surface area contributed by atoms with Crippen LogP contribution in [0, 0.1) is 0 Å². The highest BCUT2D eigenvalue weighted by atomic mass is 16.5. The summed E-state index contributed by atoms with van der Waals surface area (Å²) in [5.41, 5.74) is 0. The summed E-state index contributed by atoms with van der Waals surface area (Å²) in [6, 6.07) is 0. The molecule has 1 saturated heterocycles. The first kappa shape index (κ1) is 14.0. The van der Waals surface area contributed by atoms with Crippen LogP contribution in [0.1, 0.15) is 39.0 Å². The second-order valence-electron chi connectivity index (χ2n) is 4.39. The van der Waals surface area contributed by atoms with E-state index in [1.54, 1.807) is 0 Å². The first-order chi connectivity index (χ1) is 8.18. The molecule has 0 spiro atoms. The van der Waals surface area contributed by atoms with Crippen LogP contribution in [0.25, 0.3) is 0 Å². The zero-order valence-corrected chi connectivity index (χ0v) is 10.5. The number of hydrogen-bond donors (Lipinski definition) is 2. The number of nitrogens with one attached hydrogen (secondary N) is 2. The zero-order valence-electron chi connectivity index (χ0n) is 10.5. The van der Waals surface area contributed by atoms with Crippen molar-refractivity contribution in [1.29, 1.82) is 0 Å². The van der Waals surface area contributed by atoms with E-state index in [0.717, 1.165) is 25.9 Å². The normalized spacial score (nSPS) is 19.0. The van der Waals surface area contributed by atoms with E-state index in [-0.39, 0.29) is 18.4 Å². The van der Waals surface area contributed by atoms with Gasteiger partial charge in [-0.05, 0) is 32.1 Å². The van der Waals surface area contributed by atoms with Crippen LogP contribution in [0.2, 0.25) is 0 Å². The summed E-state index contributed by atoms with van der Waals surface area (Å²) in [6.07, 6.45) is 5.91. The lowest BCUT2D eigenvalue weighted by Crippen LogP contribution is -2.36. The lowest BCUT2D eigenvalue weighted by molar-refractivity contribution is -0.125.